The summed E-state index contributed by atoms with van der Waals surface area (Å²) >= 11 is 7.30. The molecule has 2 heterocycles. The third-order valence-electron chi connectivity index (χ3n) is 5.13. The van der Waals surface area contributed by atoms with Gasteiger partial charge in [0.15, 0.2) is 6.61 Å². The molecule has 0 bridgehead atoms. The van der Waals surface area contributed by atoms with Gasteiger partial charge < -0.3 is 9.30 Å². The zero-order chi connectivity index (χ0) is 22.3. The summed E-state index contributed by atoms with van der Waals surface area (Å²) in [5.74, 6) is -1.42. The van der Waals surface area contributed by atoms with Gasteiger partial charge in [0.2, 0.25) is 5.78 Å². The number of rotatable bonds is 5. The maximum atomic E-state index is 13.4. The van der Waals surface area contributed by atoms with Crippen molar-refractivity contribution >= 4 is 44.8 Å². The lowest BCUT2D eigenvalue weighted by Gasteiger charge is -2.10. The fourth-order valence-electron chi connectivity index (χ4n) is 3.58. The Kier molecular flexibility index (Phi) is 5.69. The number of nitrogens with zero attached hydrogens (tertiary/aromatic N) is 1. The van der Waals surface area contributed by atoms with Crippen LogP contribution >= 0.6 is 22.9 Å². The van der Waals surface area contributed by atoms with E-state index in [2.05, 4.69) is 0 Å². The van der Waals surface area contributed by atoms with Crippen LogP contribution in [0.25, 0.3) is 15.8 Å². The molecule has 4 nitrogen and oxygen atoms in total. The summed E-state index contributed by atoms with van der Waals surface area (Å²) in [6, 6.07) is 13.9. The second-order valence-electron chi connectivity index (χ2n) is 7.34. The molecule has 0 fully saturated rings. The maximum absolute atomic E-state index is 13.4. The molecule has 0 amide bonds. The monoisotopic (exact) mass is 455 g/mol. The first-order valence-electron chi connectivity index (χ1n) is 9.60. The van der Waals surface area contributed by atoms with Crippen molar-refractivity contribution in [1.29, 1.82) is 0 Å². The number of esters is 1. The lowest BCUT2D eigenvalue weighted by atomic mass is 10.1. The molecule has 7 heteroatoms. The molecule has 0 aliphatic heterocycles. The normalized spacial score (nSPS) is 11.1. The van der Waals surface area contributed by atoms with E-state index in [1.165, 1.54) is 18.2 Å². The lowest BCUT2D eigenvalue weighted by molar-refractivity contribution is 0.0479. The lowest BCUT2D eigenvalue weighted by Crippen LogP contribution is -2.14. The minimum Gasteiger partial charge on any atom is -0.453 e. The second kappa shape index (κ2) is 8.29. The number of halogens is 2. The van der Waals surface area contributed by atoms with E-state index in [-0.39, 0.29) is 15.7 Å². The largest absolute Gasteiger partial charge is 0.453 e. The van der Waals surface area contributed by atoms with E-state index in [0.29, 0.717) is 15.6 Å². The number of hydrogen-bond acceptors (Lipinski definition) is 4. The third-order valence-corrected chi connectivity index (χ3v) is 6.77. The number of thiophene rings is 1. The van der Waals surface area contributed by atoms with E-state index < -0.39 is 18.4 Å². The number of aromatic nitrogens is 1. The van der Waals surface area contributed by atoms with E-state index >= 15 is 0 Å². The summed E-state index contributed by atoms with van der Waals surface area (Å²) in [6.07, 6.45) is 0. The van der Waals surface area contributed by atoms with Gasteiger partial charge in [0, 0.05) is 32.7 Å². The standard InChI is InChI=1S/C24H19ClFNO3S/c1-13-4-7-17(8-5-13)27-14(2)10-19(15(27)3)20(28)12-30-24(29)23-22(25)18-9-6-16(26)11-21(18)31-23/h4-11H,12H2,1-3H3. The van der Waals surface area contributed by atoms with E-state index in [9.17, 15) is 14.0 Å². The van der Waals surface area contributed by atoms with Gasteiger partial charge in [-0.3, -0.25) is 4.79 Å². The van der Waals surface area contributed by atoms with Gasteiger partial charge in [0.1, 0.15) is 10.7 Å². The van der Waals surface area contributed by atoms with Gasteiger partial charge in [-0.05, 0) is 57.2 Å². The maximum Gasteiger partial charge on any atom is 0.350 e. The van der Waals surface area contributed by atoms with Crippen LogP contribution in [0.1, 0.15) is 37.0 Å². The zero-order valence-corrected chi connectivity index (χ0v) is 18.7. The molecular formula is C24H19ClFNO3S. The highest BCUT2D eigenvalue weighted by molar-refractivity contribution is 7.21. The van der Waals surface area contributed by atoms with Crippen LogP contribution < -0.4 is 0 Å². The van der Waals surface area contributed by atoms with Crippen molar-refractivity contribution in [3.63, 3.8) is 0 Å². The summed E-state index contributed by atoms with van der Waals surface area (Å²) in [5.41, 5.74) is 4.29. The van der Waals surface area contributed by atoms with Crippen molar-refractivity contribution in [2.45, 2.75) is 20.8 Å². The first-order valence-corrected chi connectivity index (χ1v) is 10.8. The van der Waals surface area contributed by atoms with Crippen LogP contribution in [-0.2, 0) is 4.74 Å². The number of benzene rings is 2. The van der Waals surface area contributed by atoms with Crippen molar-refractivity contribution in [1.82, 2.24) is 4.57 Å². The van der Waals surface area contributed by atoms with Gasteiger partial charge in [0.25, 0.3) is 0 Å². The number of hydrogen-bond donors (Lipinski definition) is 0. The summed E-state index contributed by atoms with van der Waals surface area (Å²) in [6.45, 7) is 5.39. The fraction of sp³-hybridized carbons (Fsp3) is 0.167. The molecule has 0 radical (unpaired) electrons. The van der Waals surface area contributed by atoms with Crippen LogP contribution in [0, 0.1) is 26.6 Å². The number of ether oxygens (including phenoxy) is 1. The van der Waals surface area contributed by atoms with Gasteiger partial charge in [0.05, 0.1) is 5.02 Å². The van der Waals surface area contributed by atoms with E-state index in [1.54, 1.807) is 6.07 Å². The van der Waals surface area contributed by atoms with Crippen LogP contribution in [-0.4, -0.2) is 22.9 Å². The zero-order valence-electron chi connectivity index (χ0n) is 17.2. The van der Waals surface area contributed by atoms with Crippen molar-refractivity contribution in [2.75, 3.05) is 6.61 Å². The Morgan fingerprint density at radius 3 is 2.48 bits per heavy atom. The quantitative estimate of drug-likeness (QED) is 0.256. The average molecular weight is 456 g/mol. The highest BCUT2D eigenvalue weighted by Crippen LogP contribution is 2.36. The molecule has 0 aliphatic carbocycles. The second-order valence-corrected chi connectivity index (χ2v) is 8.77. The Bertz CT molecular complexity index is 1320. The number of carbonyl (C=O) groups excluding carboxylic acids is 2. The summed E-state index contributed by atoms with van der Waals surface area (Å²) in [7, 11) is 0. The molecule has 0 spiro atoms. The number of fused-ring (bicyclic) bond motifs is 1. The van der Waals surface area contributed by atoms with Crippen molar-refractivity contribution in [2.24, 2.45) is 0 Å². The molecule has 2 aromatic heterocycles. The molecule has 0 unspecified atom stereocenters. The molecule has 0 N–H and O–H groups in total. The first-order chi connectivity index (χ1) is 14.8. The van der Waals surface area contributed by atoms with Crippen LogP contribution in [0.2, 0.25) is 5.02 Å². The molecule has 4 aromatic rings. The van der Waals surface area contributed by atoms with Crippen molar-refractivity contribution < 1.29 is 18.7 Å². The molecule has 0 saturated heterocycles. The van der Waals surface area contributed by atoms with Crippen LogP contribution in [0.3, 0.4) is 0 Å². The molecular weight excluding hydrogens is 437 g/mol. The third kappa shape index (κ3) is 4.01. The smallest absolute Gasteiger partial charge is 0.350 e. The Morgan fingerprint density at radius 2 is 1.77 bits per heavy atom. The van der Waals surface area contributed by atoms with Gasteiger partial charge in [-0.15, -0.1) is 11.3 Å². The van der Waals surface area contributed by atoms with Gasteiger partial charge >= 0.3 is 5.97 Å². The summed E-state index contributed by atoms with van der Waals surface area (Å²) in [5, 5.41) is 0.781. The van der Waals surface area contributed by atoms with Gasteiger partial charge in [-0.2, -0.15) is 0 Å². The highest BCUT2D eigenvalue weighted by atomic mass is 35.5. The number of carbonyl (C=O) groups is 2. The van der Waals surface area contributed by atoms with Crippen LogP contribution in [0.4, 0.5) is 4.39 Å². The predicted molar refractivity (Wildman–Crippen MR) is 121 cm³/mol. The minimum absolute atomic E-state index is 0.153. The minimum atomic E-state index is -0.702. The van der Waals surface area contributed by atoms with E-state index in [4.69, 9.17) is 16.3 Å². The number of aryl methyl sites for hydroxylation is 2. The molecule has 4 rings (SSSR count). The first kappa shape index (κ1) is 21.3. The number of ketones is 1. The Balaban J connectivity index is 1.53. The Hall–Kier alpha value is -2.96. The van der Waals surface area contributed by atoms with E-state index in [0.717, 1.165) is 34.0 Å². The van der Waals surface area contributed by atoms with Crippen molar-refractivity contribution in [3.8, 4) is 5.69 Å². The molecule has 0 aliphatic rings. The SMILES string of the molecule is Cc1ccc(-n2c(C)cc(C(=O)COC(=O)c3sc4cc(F)ccc4c3Cl)c2C)cc1. The van der Waals surface area contributed by atoms with E-state index in [1.807, 2.05) is 49.6 Å². The Labute approximate surface area is 187 Å². The average Bonchev–Trinajstić information content (AvgIpc) is 3.22. The van der Waals surface area contributed by atoms with Gasteiger partial charge in [-0.25, -0.2) is 9.18 Å². The summed E-state index contributed by atoms with van der Waals surface area (Å²) in [4.78, 5) is 25.5. The van der Waals surface area contributed by atoms with Crippen LogP contribution in [0.5, 0.6) is 0 Å². The number of Topliss-reactive ketones (excluding diaryl/α,β-unsaturated/α-hetero) is 1. The molecule has 31 heavy (non-hydrogen) atoms. The van der Waals surface area contributed by atoms with Gasteiger partial charge in [-0.1, -0.05) is 29.3 Å². The topological polar surface area (TPSA) is 48.3 Å². The molecule has 158 valence electrons. The van der Waals surface area contributed by atoms with Crippen LogP contribution in [0.15, 0.2) is 48.5 Å². The molecule has 0 atom stereocenters. The molecule has 2 aromatic carbocycles. The highest BCUT2D eigenvalue weighted by Gasteiger charge is 2.22. The molecule has 0 saturated carbocycles. The predicted octanol–water partition coefficient (Wildman–Crippen LogP) is 6.45. The fourth-order valence-corrected chi connectivity index (χ4v) is 5.01. The Morgan fingerprint density at radius 1 is 1.06 bits per heavy atom. The van der Waals surface area contributed by atoms with Crippen molar-refractivity contribution in [3.05, 3.63) is 86.8 Å². The summed E-state index contributed by atoms with van der Waals surface area (Å²) < 4.78 is 21.2.